The molecule has 0 bridgehead atoms. The van der Waals surface area contributed by atoms with E-state index in [1.165, 1.54) is 0 Å². The van der Waals surface area contributed by atoms with E-state index in [1.54, 1.807) is 12.5 Å². The Balaban J connectivity index is 1.90. The molecule has 0 radical (unpaired) electrons. The number of ether oxygens (including phenoxy) is 1. The van der Waals surface area contributed by atoms with Crippen LogP contribution in [0.3, 0.4) is 0 Å². The standard InChI is InChI=1S/C18H15N3O2/c22-20-16-14-8-4-5-9-15(14)23-18(13-6-2-1-3-7-13)17(16)21-11-10-19-12-21/h1-12,17-18,22H/b20-16+. The average Bonchev–Trinajstić information content (AvgIpc) is 3.15. The van der Waals surface area contributed by atoms with Crippen molar-refractivity contribution in [2.45, 2.75) is 12.1 Å². The van der Waals surface area contributed by atoms with Crippen LogP contribution in [0.15, 0.2) is 78.5 Å². The molecule has 0 saturated carbocycles. The van der Waals surface area contributed by atoms with Crippen LogP contribution in [0, 0.1) is 0 Å². The number of nitrogens with zero attached hydrogens (tertiary/aromatic N) is 3. The zero-order valence-corrected chi connectivity index (χ0v) is 12.3. The molecule has 2 heterocycles. The fraction of sp³-hybridized carbons (Fsp3) is 0.111. The number of imidazole rings is 1. The molecule has 2 atom stereocenters. The highest BCUT2D eigenvalue weighted by atomic mass is 16.5. The molecule has 0 saturated heterocycles. The molecule has 23 heavy (non-hydrogen) atoms. The normalized spacial score (nSPS) is 21.7. The van der Waals surface area contributed by atoms with Crippen molar-refractivity contribution in [2.75, 3.05) is 0 Å². The van der Waals surface area contributed by atoms with E-state index in [2.05, 4.69) is 10.1 Å². The van der Waals surface area contributed by atoms with Gasteiger partial charge in [-0.3, -0.25) is 0 Å². The molecule has 3 aromatic rings. The first-order valence-electron chi connectivity index (χ1n) is 7.39. The topological polar surface area (TPSA) is 59.6 Å². The van der Waals surface area contributed by atoms with Crippen molar-refractivity contribution in [3.8, 4) is 5.75 Å². The number of oxime groups is 1. The van der Waals surface area contributed by atoms with E-state index in [9.17, 15) is 5.21 Å². The van der Waals surface area contributed by atoms with Crippen LogP contribution in [0.25, 0.3) is 0 Å². The smallest absolute Gasteiger partial charge is 0.150 e. The van der Waals surface area contributed by atoms with Gasteiger partial charge in [-0.05, 0) is 17.7 Å². The molecule has 5 nitrogen and oxygen atoms in total. The van der Waals surface area contributed by atoms with E-state index in [-0.39, 0.29) is 12.1 Å². The van der Waals surface area contributed by atoms with Gasteiger partial charge in [-0.15, -0.1) is 0 Å². The molecule has 2 aromatic carbocycles. The van der Waals surface area contributed by atoms with Crippen LogP contribution in [0.1, 0.15) is 23.3 Å². The van der Waals surface area contributed by atoms with Crippen molar-refractivity contribution in [1.29, 1.82) is 0 Å². The van der Waals surface area contributed by atoms with Gasteiger partial charge in [0.1, 0.15) is 17.5 Å². The van der Waals surface area contributed by atoms with Gasteiger partial charge in [-0.2, -0.15) is 0 Å². The summed E-state index contributed by atoms with van der Waals surface area (Å²) in [4.78, 5) is 4.12. The molecule has 1 aliphatic rings. The predicted octanol–water partition coefficient (Wildman–Crippen LogP) is 3.44. The number of aromatic nitrogens is 2. The molecule has 1 aliphatic heterocycles. The van der Waals surface area contributed by atoms with Crippen LogP contribution in [-0.2, 0) is 0 Å². The molecule has 0 fully saturated rings. The van der Waals surface area contributed by atoms with Crippen molar-refractivity contribution in [3.63, 3.8) is 0 Å². The molecular weight excluding hydrogens is 290 g/mol. The van der Waals surface area contributed by atoms with Gasteiger partial charge in [0.2, 0.25) is 0 Å². The third-order valence-electron chi connectivity index (χ3n) is 4.07. The maximum Gasteiger partial charge on any atom is 0.150 e. The molecular formula is C18H15N3O2. The minimum absolute atomic E-state index is 0.292. The van der Waals surface area contributed by atoms with Crippen LogP contribution in [-0.4, -0.2) is 20.5 Å². The number of para-hydroxylation sites is 1. The quantitative estimate of drug-likeness (QED) is 0.583. The molecule has 4 rings (SSSR count). The van der Waals surface area contributed by atoms with E-state index >= 15 is 0 Å². The van der Waals surface area contributed by atoms with Gasteiger partial charge in [0, 0.05) is 18.0 Å². The van der Waals surface area contributed by atoms with Crippen molar-refractivity contribution in [3.05, 3.63) is 84.4 Å². The SMILES string of the molecule is O/N=C1\c2ccccc2OC(c2ccccc2)C1n1ccnc1. The zero-order valence-electron chi connectivity index (χ0n) is 12.3. The summed E-state index contributed by atoms with van der Waals surface area (Å²) in [6.45, 7) is 0. The maximum atomic E-state index is 9.67. The summed E-state index contributed by atoms with van der Waals surface area (Å²) in [5.74, 6) is 0.713. The van der Waals surface area contributed by atoms with E-state index < -0.39 is 0 Å². The zero-order chi connectivity index (χ0) is 15.6. The summed E-state index contributed by atoms with van der Waals surface area (Å²) in [6.07, 6.45) is 4.97. The Morgan fingerprint density at radius 2 is 1.83 bits per heavy atom. The number of rotatable bonds is 2. The Morgan fingerprint density at radius 1 is 1.04 bits per heavy atom. The number of benzene rings is 2. The second-order valence-corrected chi connectivity index (χ2v) is 5.39. The highest BCUT2D eigenvalue weighted by Gasteiger charge is 2.38. The summed E-state index contributed by atoms with van der Waals surface area (Å²) in [6, 6.07) is 17.2. The van der Waals surface area contributed by atoms with Gasteiger partial charge in [-0.1, -0.05) is 47.6 Å². The van der Waals surface area contributed by atoms with E-state index in [1.807, 2.05) is 65.4 Å². The van der Waals surface area contributed by atoms with Gasteiger partial charge in [0.15, 0.2) is 6.10 Å². The van der Waals surface area contributed by atoms with Crippen molar-refractivity contribution < 1.29 is 9.94 Å². The van der Waals surface area contributed by atoms with Crippen LogP contribution in [0.4, 0.5) is 0 Å². The van der Waals surface area contributed by atoms with Crippen molar-refractivity contribution >= 4 is 5.71 Å². The summed E-state index contributed by atoms with van der Waals surface area (Å²) in [7, 11) is 0. The molecule has 5 heteroatoms. The molecule has 1 aromatic heterocycles. The Kier molecular flexibility index (Phi) is 3.31. The van der Waals surface area contributed by atoms with Gasteiger partial charge in [-0.25, -0.2) is 4.98 Å². The second-order valence-electron chi connectivity index (χ2n) is 5.39. The minimum atomic E-state index is -0.300. The average molecular weight is 305 g/mol. The first-order valence-corrected chi connectivity index (χ1v) is 7.39. The number of fused-ring (bicyclic) bond motifs is 1. The van der Waals surface area contributed by atoms with Crippen LogP contribution < -0.4 is 4.74 Å². The highest BCUT2D eigenvalue weighted by Crippen LogP contribution is 2.41. The van der Waals surface area contributed by atoms with Crippen LogP contribution in [0.2, 0.25) is 0 Å². The summed E-state index contributed by atoms with van der Waals surface area (Å²) < 4.78 is 8.15. The monoisotopic (exact) mass is 305 g/mol. The third-order valence-corrected chi connectivity index (χ3v) is 4.07. The summed E-state index contributed by atoms with van der Waals surface area (Å²) in [5, 5.41) is 13.3. The molecule has 0 aliphatic carbocycles. The van der Waals surface area contributed by atoms with Crippen LogP contribution in [0.5, 0.6) is 5.75 Å². The first kappa shape index (κ1) is 13.6. The molecule has 1 N–H and O–H groups in total. The Morgan fingerprint density at radius 3 is 2.57 bits per heavy atom. The van der Waals surface area contributed by atoms with E-state index in [4.69, 9.17) is 4.74 Å². The summed E-state index contributed by atoms with van der Waals surface area (Å²) in [5.41, 5.74) is 2.38. The lowest BCUT2D eigenvalue weighted by atomic mass is 9.90. The van der Waals surface area contributed by atoms with Gasteiger partial charge in [0.25, 0.3) is 0 Å². The van der Waals surface area contributed by atoms with Gasteiger partial charge < -0.3 is 14.5 Å². The minimum Gasteiger partial charge on any atom is -0.482 e. The second kappa shape index (κ2) is 5.61. The first-order chi connectivity index (χ1) is 11.4. The fourth-order valence-electron chi connectivity index (χ4n) is 3.02. The Bertz CT molecular complexity index is 828. The highest BCUT2D eigenvalue weighted by molar-refractivity contribution is 6.06. The lowest BCUT2D eigenvalue weighted by Gasteiger charge is -2.35. The predicted molar refractivity (Wildman–Crippen MR) is 85.8 cm³/mol. The van der Waals surface area contributed by atoms with E-state index in [0.717, 1.165) is 11.1 Å². The van der Waals surface area contributed by atoms with E-state index in [0.29, 0.717) is 11.5 Å². The fourth-order valence-corrected chi connectivity index (χ4v) is 3.02. The van der Waals surface area contributed by atoms with Gasteiger partial charge >= 0.3 is 0 Å². The Labute approximate surface area is 133 Å². The molecule has 114 valence electrons. The number of hydrogen-bond acceptors (Lipinski definition) is 4. The van der Waals surface area contributed by atoms with Crippen molar-refractivity contribution in [2.24, 2.45) is 5.16 Å². The van der Waals surface area contributed by atoms with Crippen molar-refractivity contribution in [1.82, 2.24) is 9.55 Å². The molecule has 0 amide bonds. The summed E-state index contributed by atoms with van der Waals surface area (Å²) >= 11 is 0. The lowest BCUT2D eigenvalue weighted by molar-refractivity contribution is 0.157. The maximum absolute atomic E-state index is 9.67. The molecule has 0 spiro atoms. The van der Waals surface area contributed by atoms with Crippen LogP contribution >= 0.6 is 0 Å². The third kappa shape index (κ3) is 2.26. The molecule has 2 unspecified atom stereocenters. The largest absolute Gasteiger partial charge is 0.482 e. The van der Waals surface area contributed by atoms with Gasteiger partial charge in [0.05, 0.1) is 6.33 Å². The Hall–Kier alpha value is -3.08. The number of hydrogen-bond donors (Lipinski definition) is 1. The lowest BCUT2D eigenvalue weighted by Crippen LogP contribution is -2.34.